The normalized spacial score (nSPS) is 17.5. The predicted octanol–water partition coefficient (Wildman–Crippen LogP) is 2.24. The smallest absolute Gasteiger partial charge is 0.254 e. The van der Waals surface area contributed by atoms with Crippen LogP contribution in [0.2, 0.25) is 0 Å². The number of rotatable bonds is 3. The monoisotopic (exact) mass is 351 g/mol. The van der Waals surface area contributed by atoms with Gasteiger partial charge in [-0.2, -0.15) is 0 Å². The number of H-pyrrole nitrogens is 1. The Morgan fingerprint density at radius 3 is 3.04 bits per heavy atom. The number of carbonyl (C=O) groups is 1. The van der Waals surface area contributed by atoms with E-state index in [2.05, 4.69) is 15.0 Å². The van der Waals surface area contributed by atoms with Crippen molar-refractivity contribution in [2.45, 2.75) is 6.10 Å². The number of imidazole rings is 1. The van der Waals surface area contributed by atoms with Crippen LogP contribution in [-0.2, 0) is 4.74 Å². The Hall–Kier alpha value is -2.93. The van der Waals surface area contributed by atoms with Gasteiger partial charge in [0.05, 0.1) is 36.2 Å². The zero-order valence-electron chi connectivity index (χ0n) is 14.8. The van der Waals surface area contributed by atoms with Crippen molar-refractivity contribution in [2.75, 3.05) is 38.7 Å². The first-order valence-corrected chi connectivity index (χ1v) is 8.60. The van der Waals surface area contributed by atoms with Gasteiger partial charge in [0, 0.05) is 26.2 Å². The largest absolute Gasteiger partial charge is 0.368 e. The fourth-order valence-corrected chi connectivity index (χ4v) is 3.13. The van der Waals surface area contributed by atoms with Gasteiger partial charge in [-0.25, -0.2) is 9.97 Å². The van der Waals surface area contributed by atoms with E-state index in [0.29, 0.717) is 25.3 Å². The summed E-state index contributed by atoms with van der Waals surface area (Å²) in [7, 11) is 3.91. The number of hydrogen-bond acceptors (Lipinski definition) is 5. The van der Waals surface area contributed by atoms with E-state index in [4.69, 9.17) is 4.74 Å². The predicted molar refractivity (Wildman–Crippen MR) is 99.3 cm³/mol. The molecule has 0 radical (unpaired) electrons. The topological polar surface area (TPSA) is 74.3 Å². The summed E-state index contributed by atoms with van der Waals surface area (Å²) in [5, 5.41) is 0. The SMILES string of the molecule is CN(C)c1cccc([C@H]2CN(C(=O)c3ccc4nc[nH]c4c3)CCO2)n1. The lowest BCUT2D eigenvalue weighted by Gasteiger charge is -2.33. The molecule has 2 aromatic heterocycles. The average molecular weight is 351 g/mol. The summed E-state index contributed by atoms with van der Waals surface area (Å²) >= 11 is 0. The molecular formula is C19H21N5O2. The second-order valence-electron chi connectivity index (χ2n) is 6.56. The first-order valence-electron chi connectivity index (χ1n) is 8.60. The van der Waals surface area contributed by atoms with E-state index in [-0.39, 0.29) is 12.0 Å². The number of nitrogens with zero attached hydrogens (tertiary/aromatic N) is 4. The highest BCUT2D eigenvalue weighted by molar-refractivity contribution is 5.97. The van der Waals surface area contributed by atoms with Gasteiger partial charge >= 0.3 is 0 Å². The molecule has 0 aliphatic carbocycles. The number of carbonyl (C=O) groups excluding carboxylic acids is 1. The van der Waals surface area contributed by atoms with Gasteiger partial charge in [0.2, 0.25) is 0 Å². The molecular weight excluding hydrogens is 330 g/mol. The van der Waals surface area contributed by atoms with Crippen molar-refractivity contribution >= 4 is 22.8 Å². The van der Waals surface area contributed by atoms with Gasteiger partial charge in [-0.1, -0.05) is 6.07 Å². The molecule has 1 atom stereocenters. The van der Waals surface area contributed by atoms with Crippen LogP contribution in [0, 0.1) is 0 Å². The van der Waals surface area contributed by atoms with Crippen LogP contribution in [0.25, 0.3) is 11.0 Å². The highest BCUT2D eigenvalue weighted by Crippen LogP contribution is 2.24. The summed E-state index contributed by atoms with van der Waals surface area (Å²) in [6, 6.07) is 11.4. The number of amides is 1. The summed E-state index contributed by atoms with van der Waals surface area (Å²) in [6.07, 6.45) is 1.41. The fourth-order valence-electron chi connectivity index (χ4n) is 3.13. The second kappa shape index (κ2) is 6.76. The van der Waals surface area contributed by atoms with E-state index in [1.165, 1.54) is 0 Å². The number of aromatic amines is 1. The van der Waals surface area contributed by atoms with Crippen molar-refractivity contribution in [2.24, 2.45) is 0 Å². The van der Waals surface area contributed by atoms with Crippen LogP contribution in [0.15, 0.2) is 42.7 Å². The van der Waals surface area contributed by atoms with Crippen LogP contribution < -0.4 is 4.90 Å². The molecule has 134 valence electrons. The third-order valence-corrected chi connectivity index (χ3v) is 4.56. The highest BCUT2D eigenvalue weighted by Gasteiger charge is 2.27. The second-order valence-corrected chi connectivity index (χ2v) is 6.56. The number of pyridine rings is 1. The Kier molecular flexibility index (Phi) is 4.30. The van der Waals surface area contributed by atoms with E-state index < -0.39 is 0 Å². The van der Waals surface area contributed by atoms with Crippen LogP contribution >= 0.6 is 0 Å². The molecule has 1 saturated heterocycles. The van der Waals surface area contributed by atoms with Gasteiger partial charge < -0.3 is 19.5 Å². The summed E-state index contributed by atoms with van der Waals surface area (Å²) < 4.78 is 5.88. The molecule has 0 saturated carbocycles. The van der Waals surface area contributed by atoms with E-state index in [1.807, 2.05) is 60.3 Å². The van der Waals surface area contributed by atoms with Crippen LogP contribution in [0.1, 0.15) is 22.2 Å². The number of benzene rings is 1. The van der Waals surface area contributed by atoms with E-state index in [1.54, 1.807) is 6.33 Å². The van der Waals surface area contributed by atoms with Crippen molar-refractivity contribution in [3.8, 4) is 0 Å². The average Bonchev–Trinajstić information content (AvgIpc) is 3.15. The number of aromatic nitrogens is 3. The molecule has 7 heteroatoms. The van der Waals surface area contributed by atoms with Gasteiger partial charge in [0.25, 0.3) is 5.91 Å². The molecule has 1 amide bonds. The van der Waals surface area contributed by atoms with Crippen LogP contribution in [-0.4, -0.2) is 59.6 Å². The van der Waals surface area contributed by atoms with Crippen LogP contribution in [0.5, 0.6) is 0 Å². The summed E-state index contributed by atoms with van der Waals surface area (Å²) in [5.41, 5.74) is 3.21. The molecule has 7 nitrogen and oxygen atoms in total. The van der Waals surface area contributed by atoms with Crippen molar-refractivity contribution < 1.29 is 9.53 Å². The number of ether oxygens (including phenoxy) is 1. The minimum absolute atomic E-state index is 0.00133. The number of hydrogen-bond donors (Lipinski definition) is 1. The fraction of sp³-hybridized carbons (Fsp3) is 0.316. The number of nitrogens with one attached hydrogen (secondary N) is 1. The minimum Gasteiger partial charge on any atom is -0.368 e. The Bertz CT molecular complexity index is 936. The lowest BCUT2D eigenvalue weighted by atomic mass is 10.1. The molecule has 3 heterocycles. The van der Waals surface area contributed by atoms with E-state index in [9.17, 15) is 4.79 Å². The Morgan fingerprint density at radius 1 is 1.31 bits per heavy atom. The van der Waals surface area contributed by atoms with Crippen molar-refractivity contribution in [3.63, 3.8) is 0 Å². The maximum absolute atomic E-state index is 12.9. The van der Waals surface area contributed by atoms with Gasteiger partial charge in [-0.05, 0) is 30.3 Å². The van der Waals surface area contributed by atoms with Crippen molar-refractivity contribution in [1.82, 2.24) is 19.9 Å². The lowest BCUT2D eigenvalue weighted by molar-refractivity contribution is -0.0246. The van der Waals surface area contributed by atoms with Crippen LogP contribution in [0.3, 0.4) is 0 Å². The molecule has 3 aromatic rings. The van der Waals surface area contributed by atoms with E-state index >= 15 is 0 Å². The molecule has 1 aromatic carbocycles. The Morgan fingerprint density at radius 2 is 2.19 bits per heavy atom. The first kappa shape index (κ1) is 16.5. The lowest BCUT2D eigenvalue weighted by Crippen LogP contribution is -2.42. The summed E-state index contributed by atoms with van der Waals surface area (Å²) in [4.78, 5) is 28.6. The molecule has 0 unspecified atom stereocenters. The molecule has 1 N–H and O–H groups in total. The van der Waals surface area contributed by atoms with Gasteiger partial charge in [0.15, 0.2) is 0 Å². The standard InChI is InChI=1S/C19H21N5O2/c1-23(2)18-5-3-4-15(22-18)17-11-24(8-9-26-17)19(25)13-6-7-14-16(10-13)21-12-20-14/h3-7,10,12,17H,8-9,11H2,1-2H3,(H,20,21)/t17-/m1/s1. The highest BCUT2D eigenvalue weighted by atomic mass is 16.5. The quantitative estimate of drug-likeness (QED) is 0.783. The summed E-state index contributed by atoms with van der Waals surface area (Å²) in [5.74, 6) is 0.873. The van der Waals surface area contributed by atoms with Gasteiger partial charge in [-0.15, -0.1) is 0 Å². The molecule has 1 aliphatic heterocycles. The molecule has 0 bridgehead atoms. The van der Waals surface area contributed by atoms with Gasteiger partial charge in [0.1, 0.15) is 11.9 Å². The number of morpholine rings is 1. The maximum Gasteiger partial charge on any atom is 0.254 e. The van der Waals surface area contributed by atoms with Crippen molar-refractivity contribution in [1.29, 1.82) is 0 Å². The third kappa shape index (κ3) is 3.13. The molecule has 0 spiro atoms. The minimum atomic E-state index is -0.219. The Labute approximate surface area is 151 Å². The molecule has 1 aliphatic rings. The van der Waals surface area contributed by atoms with Crippen LogP contribution in [0.4, 0.5) is 5.82 Å². The number of anilines is 1. The maximum atomic E-state index is 12.9. The van der Waals surface area contributed by atoms with Crippen molar-refractivity contribution in [3.05, 3.63) is 54.0 Å². The van der Waals surface area contributed by atoms with E-state index in [0.717, 1.165) is 22.5 Å². The molecule has 1 fully saturated rings. The first-order chi connectivity index (χ1) is 12.6. The third-order valence-electron chi connectivity index (χ3n) is 4.56. The Balaban J connectivity index is 1.54. The zero-order valence-corrected chi connectivity index (χ0v) is 14.8. The zero-order chi connectivity index (χ0) is 18.1. The molecule has 4 rings (SSSR count). The van der Waals surface area contributed by atoms with Gasteiger partial charge in [-0.3, -0.25) is 4.79 Å². The summed E-state index contributed by atoms with van der Waals surface area (Å²) in [6.45, 7) is 1.56. The molecule has 26 heavy (non-hydrogen) atoms. The number of fused-ring (bicyclic) bond motifs is 1.